The van der Waals surface area contributed by atoms with Gasteiger partial charge in [0.15, 0.2) is 0 Å². The molecule has 37 heavy (non-hydrogen) atoms. The number of amides is 1. The van der Waals surface area contributed by atoms with Crippen LogP contribution in [0.3, 0.4) is 0 Å². The Morgan fingerprint density at radius 3 is 2.49 bits per heavy atom. The SMILES string of the molecule is CN(C)C1CCN(S(=O)(=O)c2cccc(C(=O)Nc3cc4cc(-c5cnn(C)c5)ccc4cn3)c2)CC1. The zero-order valence-electron chi connectivity index (χ0n) is 21.1. The number of pyridine rings is 1. The van der Waals surface area contributed by atoms with Crippen LogP contribution in [-0.4, -0.2) is 71.5 Å². The van der Waals surface area contributed by atoms with Crippen LogP contribution in [0, 0.1) is 0 Å². The quantitative estimate of drug-likeness (QED) is 0.419. The summed E-state index contributed by atoms with van der Waals surface area (Å²) in [5.74, 6) is -0.0292. The van der Waals surface area contributed by atoms with Crippen molar-refractivity contribution in [3.8, 4) is 11.1 Å². The number of aryl methyl sites for hydroxylation is 1. The Kier molecular flexibility index (Phi) is 6.80. The minimum absolute atomic E-state index is 0.121. The number of rotatable bonds is 6. The summed E-state index contributed by atoms with van der Waals surface area (Å²) in [6.07, 6.45) is 7.01. The summed E-state index contributed by atoms with van der Waals surface area (Å²) in [4.78, 5) is 19.7. The van der Waals surface area contributed by atoms with Crippen LogP contribution in [0.25, 0.3) is 21.9 Å². The molecule has 1 fully saturated rings. The predicted octanol–water partition coefficient (Wildman–Crippen LogP) is 3.60. The van der Waals surface area contributed by atoms with Crippen LogP contribution >= 0.6 is 0 Å². The topological polar surface area (TPSA) is 100 Å². The number of carbonyl (C=O) groups excluding carboxylic acids is 1. The molecule has 1 N–H and O–H groups in total. The molecule has 1 aliphatic heterocycles. The molecule has 0 unspecified atom stereocenters. The molecule has 3 heterocycles. The molecule has 0 spiro atoms. The molecule has 2 aromatic carbocycles. The van der Waals surface area contributed by atoms with Gasteiger partial charge in [0.25, 0.3) is 5.91 Å². The molecular formula is C27H30N6O3S. The molecule has 192 valence electrons. The van der Waals surface area contributed by atoms with Crippen LogP contribution in [0.2, 0.25) is 0 Å². The van der Waals surface area contributed by atoms with Crippen molar-refractivity contribution >= 4 is 32.5 Å². The van der Waals surface area contributed by atoms with E-state index < -0.39 is 15.9 Å². The number of anilines is 1. The summed E-state index contributed by atoms with van der Waals surface area (Å²) < 4.78 is 29.8. The van der Waals surface area contributed by atoms with E-state index in [2.05, 4.69) is 20.3 Å². The average molecular weight is 519 g/mol. The highest BCUT2D eigenvalue weighted by atomic mass is 32.2. The highest BCUT2D eigenvalue weighted by Crippen LogP contribution is 2.26. The molecular weight excluding hydrogens is 488 g/mol. The normalized spacial score (nSPS) is 15.4. The van der Waals surface area contributed by atoms with Crippen molar-refractivity contribution in [2.75, 3.05) is 32.5 Å². The van der Waals surface area contributed by atoms with E-state index in [4.69, 9.17) is 0 Å². The molecule has 0 aliphatic carbocycles. The average Bonchev–Trinajstić information content (AvgIpc) is 3.34. The maximum absolute atomic E-state index is 13.3. The van der Waals surface area contributed by atoms with Gasteiger partial charge in [0.2, 0.25) is 10.0 Å². The zero-order chi connectivity index (χ0) is 26.2. The predicted molar refractivity (Wildman–Crippen MR) is 144 cm³/mol. The number of nitrogens with one attached hydrogen (secondary N) is 1. The second-order valence-corrected chi connectivity index (χ2v) is 11.6. The standard InChI is InChI=1S/C27H30N6O3S/c1-31(2)24-9-11-33(12-10-24)37(35,36)25-6-4-5-20(14-25)27(34)30-26-15-22-13-19(7-8-21(22)16-28-26)23-17-29-32(3)18-23/h4-8,13-18,24H,9-12H2,1-3H3,(H,28,30,34). The van der Waals surface area contributed by atoms with Gasteiger partial charge in [0.1, 0.15) is 5.82 Å². The number of fused-ring (bicyclic) bond motifs is 1. The van der Waals surface area contributed by atoms with E-state index in [0.717, 1.165) is 34.7 Å². The number of hydrogen-bond donors (Lipinski definition) is 1. The van der Waals surface area contributed by atoms with Gasteiger partial charge >= 0.3 is 0 Å². The lowest BCUT2D eigenvalue weighted by atomic mass is 10.1. The summed E-state index contributed by atoms with van der Waals surface area (Å²) in [7, 11) is 2.21. The van der Waals surface area contributed by atoms with Gasteiger partial charge in [-0.3, -0.25) is 9.48 Å². The molecule has 5 rings (SSSR count). The maximum atomic E-state index is 13.3. The molecule has 10 heteroatoms. The second kappa shape index (κ2) is 10.0. The third-order valence-electron chi connectivity index (χ3n) is 6.89. The van der Waals surface area contributed by atoms with E-state index in [1.54, 1.807) is 35.3 Å². The first-order chi connectivity index (χ1) is 17.7. The molecule has 1 aliphatic rings. The number of aromatic nitrogens is 3. The van der Waals surface area contributed by atoms with Crippen molar-refractivity contribution in [2.24, 2.45) is 7.05 Å². The van der Waals surface area contributed by atoms with Crippen molar-refractivity contribution < 1.29 is 13.2 Å². The Morgan fingerprint density at radius 2 is 1.78 bits per heavy atom. The van der Waals surface area contributed by atoms with Gasteiger partial charge in [-0.25, -0.2) is 13.4 Å². The summed E-state index contributed by atoms with van der Waals surface area (Å²) >= 11 is 0. The van der Waals surface area contributed by atoms with Crippen LogP contribution in [0.15, 0.2) is 72.0 Å². The van der Waals surface area contributed by atoms with Crippen molar-refractivity contribution in [1.82, 2.24) is 24.0 Å². The molecule has 1 amide bonds. The van der Waals surface area contributed by atoms with E-state index in [1.165, 1.54) is 10.4 Å². The Morgan fingerprint density at radius 1 is 1.00 bits per heavy atom. The molecule has 0 atom stereocenters. The van der Waals surface area contributed by atoms with Crippen molar-refractivity contribution in [2.45, 2.75) is 23.8 Å². The number of piperidine rings is 1. The number of nitrogens with zero attached hydrogens (tertiary/aromatic N) is 5. The van der Waals surface area contributed by atoms with Crippen LogP contribution in [0.4, 0.5) is 5.82 Å². The lowest BCUT2D eigenvalue weighted by Crippen LogP contribution is -2.44. The van der Waals surface area contributed by atoms with E-state index in [9.17, 15) is 13.2 Å². The second-order valence-electron chi connectivity index (χ2n) is 9.61. The fourth-order valence-electron chi connectivity index (χ4n) is 4.69. The largest absolute Gasteiger partial charge is 0.307 e. The highest BCUT2D eigenvalue weighted by Gasteiger charge is 2.30. The Hall–Kier alpha value is -3.60. The molecule has 1 saturated heterocycles. The first-order valence-electron chi connectivity index (χ1n) is 12.2. The first kappa shape index (κ1) is 25.1. The van der Waals surface area contributed by atoms with Gasteiger partial charge in [-0.15, -0.1) is 0 Å². The van der Waals surface area contributed by atoms with Crippen molar-refractivity contribution in [3.63, 3.8) is 0 Å². The summed E-state index contributed by atoms with van der Waals surface area (Å²) in [5, 5.41) is 8.90. The summed E-state index contributed by atoms with van der Waals surface area (Å²) in [6.45, 7) is 0.924. The fraction of sp³-hybridized carbons (Fsp3) is 0.296. The fourth-order valence-corrected chi connectivity index (χ4v) is 6.21. The summed E-state index contributed by atoms with van der Waals surface area (Å²) in [5.41, 5.74) is 2.27. The van der Waals surface area contributed by atoms with Crippen LogP contribution < -0.4 is 5.32 Å². The Bertz CT molecular complexity index is 1560. The van der Waals surface area contributed by atoms with Crippen LogP contribution in [-0.2, 0) is 17.1 Å². The maximum Gasteiger partial charge on any atom is 0.256 e. The minimum Gasteiger partial charge on any atom is -0.307 e. The van der Waals surface area contributed by atoms with Crippen LogP contribution in [0.5, 0.6) is 0 Å². The molecule has 4 aromatic rings. The molecule has 0 bridgehead atoms. The third-order valence-corrected chi connectivity index (χ3v) is 8.78. The van der Waals surface area contributed by atoms with Gasteiger partial charge in [0.05, 0.1) is 11.1 Å². The monoisotopic (exact) mass is 518 g/mol. The number of hydrogen-bond acceptors (Lipinski definition) is 6. The number of carbonyl (C=O) groups is 1. The molecule has 2 aromatic heterocycles. The Labute approximate surface area is 216 Å². The van der Waals surface area contributed by atoms with Gasteiger partial charge in [-0.05, 0) is 68.2 Å². The van der Waals surface area contributed by atoms with Gasteiger partial charge in [-0.1, -0.05) is 18.2 Å². The van der Waals surface area contributed by atoms with Crippen molar-refractivity contribution in [3.05, 3.63) is 72.7 Å². The Balaban J connectivity index is 1.34. The number of benzene rings is 2. The molecule has 0 radical (unpaired) electrons. The minimum atomic E-state index is -3.69. The third kappa shape index (κ3) is 5.27. The number of sulfonamides is 1. The smallest absolute Gasteiger partial charge is 0.256 e. The zero-order valence-corrected chi connectivity index (χ0v) is 21.9. The first-order valence-corrected chi connectivity index (χ1v) is 13.6. The lowest BCUT2D eigenvalue weighted by Gasteiger charge is -2.34. The van der Waals surface area contributed by atoms with E-state index >= 15 is 0 Å². The van der Waals surface area contributed by atoms with Gasteiger partial charge in [0, 0.05) is 55.1 Å². The highest BCUT2D eigenvalue weighted by molar-refractivity contribution is 7.89. The lowest BCUT2D eigenvalue weighted by molar-refractivity contribution is 0.102. The molecule has 9 nitrogen and oxygen atoms in total. The van der Waals surface area contributed by atoms with E-state index in [-0.39, 0.29) is 10.5 Å². The summed E-state index contributed by atoms with van der Waals surface area (Å²) in [6, 6.07) is 14.4. The molecule has 0 saturated carbocycles. The van der Waals surface area contributed by atoms with Gasteiger partial charge < -0.3 is 10.2 Å². The van der Waals surface area contributed by atoms with E-state index in [1.807, 2.05) is 51.6 Å². The van der Waals surface area contributed by atoms with Gasteiger partial charge in [-0.2, -0.15) is 9.40 Å². The van der Waals surface area contributed by atoms with E-state index in [0.29, 0.717) is 24.9 Å². The van der Waals surface area contributed by atoms with Crippen molar-refractivity contribution in [1.29, 1.82) is 0 Å². The van der Waals surface area contributed by atoms with Crippen LogP contribution in [0.1, 0.15) is 23.2 Å².